The molecular weight excluding hydrogens is 492 g/mol. The summed E-state index contributed by atoms with van der Waals surface area (Å²) in [6.45, 7) is 4.85. The number of fused-ring (bicyclic) bond motifs is 1. The topological polar surface area (TPSA) is 108 Å². The van der Waals surface area contributed by atoms with Gasteiger partial charge in [0, 0.05) is 44.8 Å². The quantitative estimate of drug-likeness (QED) is 0.599. The molecule has 2 aromatic carbocycles. The molecule has 198 valence electrons. The van der Waals surface area contributed by atoms with Gasteiger partial charge in [-0.15, -0.1) is 0 Å². The number of nitrogens with zero attached hydrogens (tertiary/aromatic N) is 2. The molecular formula is C27H34N4O5S. The highest BCUT2D eigenvalue weighted by molar-refractivity contribution is 7.89. The summed E-state index contributed by atoms with van der Waals surface area (Å²) in [5.41, 5.74) is 2.29. The van der Waals surface area contributed by atoms with Crippen molar-refractivity contribution in [3.63, 3.8) is 0 Å². The van der Waals surface area contributed by atoms with Gasteiger partial charge in [0.2, 0.25) is 15.9 Å². The zero-order valence-electron chi connectivity index (χ0n) is 21.1. The third kappa shape index (κ3) is 5.81. The highest BCUT2D eigenvalue weighted by Gasteiger charge is 2.36. The van der Waals surface area contributed by atoms with Crippen LogP contribution in [0, 0.1) is 12.8 Å². The Labute approximate surface area is 218 Å². The minimum absolute atomic E-state index is 0.0605. The van der Waals surface area contributed by atoms with Crippen molar-refractivity contribution in [1.82, 2.24) is 14.5 Å². The Balaban J connectivity index is 1.18. The van der Waals surface area contributed by atoms with E-state index >= 15 is 0 Å². The maximum Gasteiger partial charge on any atom is 0.262 e. The van der Waals surface area contributed by atoms with E-state index in [2.05, 4.69) is 39.8 Å². The summed E-state index contributed by atoms with van der Waals surface area (Å²) in [7, 11) is -3.82. The molecule has 2 fully saturated rings. The van der Waals surface area contributed by atoms with Gasteiger partial charge in [-0.2, -0.15) is 4.31 Å². The number of likely N-dealkylation sites (tertiary alicyclic amines) is 1. The second-order valence-electron chi connectivity index (χ2n) is 10.2. The molecule has 3 heterocycles. The van der Waals surface area contributed by atoms with Crippen molar-refractivity contribution in [1.29, 1.82) is 0 Å². The van der Waals surface area contributed by atoms with Gasteiger partial charge in [0.15, 0.2) is 6.61 Å². The maximum atomic E-state index is 13.5. The Hall–Kier alpha value is -2.95. The Morgan fingerprint density at radius 3 is 2.62 bits per heavy atom. The van der Waals surface area contributed by atoms with Crippen LogP contribution in [-0.2, 0) is 26.2 Å². The van der Waals surface area contributed by atoms with Crippen molar-refractivity contribution >= 4 is 27.5 Å². The molecule has 2 saturated heterocycles. The SMILES string of the molecule is Cc1cc2c(cc1S(=O)(=O)N1CCCC(C(=O)NC3CCN(Cc4ccccc4)CC3)C1)OCC(=O)N2. The number of aryl methyl sites for hydroxylation is 1. The number of anilines is 1. The Morgan fingerprint density at radius 2 is 1.86 bits per heavy atom. The van der Waals surface area contributed by atoms with E-state index in [0.29, 0.717) is 36.4 Å². The van der Waals surface area contributed by atoms with Gasteiger partial charge >= 0.3 is 0 Å². The molecule has 0 radical (unpaired) electrons. The number of piperidine rings is 2. The average molecular weight is 527 g/mol. The number of carbonyl (C=O) groups is 2. The third-order valence-electron chi connectivity index (χ3n) is 7.47. The first-order valence-electron chi connectivity index (χ1n) is 12.9. The summed E-state index contributed by atoms with van der Waals surface area (Å²) in [4.78, 5) is 27.3. The number of ether oxygens (including phenoxy) is 1. The predicted molar refractivity (Wildman–Crippen MR) is 140 cm³/mol. The number of nitrogens with one attached hydrogen (secondary N) is 2. The molecule has 0 bridgehead atoms. The lowest BCUT2D eigenvalue weighted by Crippen LogP contribution is -2.50. The molecule has 37 heavy (non-hydrogen) atoms. The normalized spacial score (nSPS) is 21.5. The predicted octanol–water partition coefficient (Wildman–Crippen LogP) is 2.51. The molecule has 0 spiro atoms. The lowest BCUT2D eigenvalue weighted by atomic mass is 9.97. The third-order valence-corrected chi connectivity index (χ3v) is 9.47. The first kappa shape index (κ1) is 25.7. The van der Waals surface area contributed by atoms with E-state index in [1.807, 2.05) is 6.07 Å². The fourth-order valence-electron chi connectivity index (χ4n) is 5.40. The van der Waals surface area contributed by atoms with Crippen LogP contribution in [0.4, 0.5) is 5.69 Å². The van der Waals surface area contributed by atoms with E-state index in [4.69, 9.17) is 4.74 Å². The number of sulfonamides is 1. The maximum absolute atomic E-state index is 13.5. The summed E-state index contributed by atoms with van der Waals surface area (Å²) < 4.78 is 33.9. The van der Waals surface area contributed by atoms with Crippen LogP contribution in [0.5, 0.6) is 5.75 Å². The van der Waals surface area contributed by atoms with Gasteiger partial charge in [-0.1, -0.05) is 30.3 Å². The van der Waals surface area contributed by atoms with Gasteiger partial charge < -0.3 is 15.4 Å². The smallest absolute Gasteiger partial charge is 0.262 e. The van der Waals surface area contributed by atoms with Gasteiger partial charge in [-0.3, -0.25) is 14.5 Å². The van der Waals surface area contributed by atoms with E-state index in [1.165, 1.54) is 15.9 Å². The average Bonchev–Trinajstić information content (AvgIpc) is 2.90. The number of amides is 2. The van der Waals surface area contributed by atoms with Gasteiger partial charge in [0.1, 0.15) is 5.75 Å². The molecule has 3 aliphatic rings. The lowest BCUT2D eigenvalue weighted by molar-refractivity contribution is -0.127. The molecule has 2 amide bonds. The Bertz CT molecular complexity index is 1260. The summed E-state index contributed by atoms with van der Waals surface area (Å²) >= 11 is 0. The van der Waals surface area contributed by atoms with E-state index in [1.54, 1.807) is 13.0 Å². The fourth-order valence-corrected chi connectivity index (χ4v) is 7.15. The monoisotopic (exact) mass is 526 g/mol. The second-order valence-corrected chi connectivity index (χ2v) is 12.1. The number of benzene rings is 2. The van der Waals surface area contributed by atoms with Crippen LogP contribution in [0.25, 0.3) is 0 Å². The molecule has 0 saturated carbocycles. The van der Waals surface area contributed by atoms with Crippen molar-refractivity contribution in [2.24, 2.45) is 5.92 Å². The first-order chi connectivity index (χ1) is 17.8. The number of hydrogen-bond acceptors (Lipinski definition) is 6. The highest BCUT2D eigenvalue weighted by atomic mass is 32.2. The zero-order chi connectivity index (χ0) is 26.0. The standard InChI is InChI=1S/C27H34N4O5S/c1-19-14-23-24(36-18-26(32)29-23)15-25(19)37(34,35)31-11-5-8-21(17-31)27(33)28-22-9-12-30(13-10-22)16-20-6-3-2-4-7-20/h2-4,6-7,14-15,21-22H,5,8-13,16-18H2,1H3,(H,28,33)(H,29,32). The zero-order valence-corrected chi connectivity index (χ0v) is 21.9. The number of rotatable bonds is 6. The molecule has 5 rings (SSSR count). The number of carbonyl (C=O) groups excluding carboxylic acids is 2. The van der Waals surface area contributed by atoms with E-state index in [0.717, 1.165) is 32.5 Å². The van der Waals surface area contributed by atoms with Crippen LogP contribution in [0.2, 0.25) is 0 Å². The molecule has 1 atom stereocenters. The molecule has 1 unspecified atom stereocenters. The minimum atomic E-state index is -3.82. The van der Waals surface area contributed by atoms with Crippen LogP contribution >= 0.6 is 0 Å². The first-order valence-corrected chi connectivity index (χ1v) is 14.4. The summed E-state index contributed by atoms with van der Waals surface area (Å²) in [5, 5.41) is 5.90. The van der Waals surface area contributed by atoms with E-state index in [-0.39, 0.29) is 41.8 Å². The second kappa shape index (κ2) is 10.8. The Morgan fingerprint density at radius 1 is 1.11 bits per heavy atom. The molecule has 0 aromatic heterocycles. The lowest BCUT2D eigenvalue weighted by Gasteiger charge is -2.35. The van der Waals surface area contributed by atoms with Crippen LogP contribution in [0.1, 0.15) is 36.8 Å². The van der Waals surface area contributed by atoms with E-state index in [9.17, 15) is 18.0 Å². The van der Waals surface area contributed by atoms with Crippen LogP contribution in [0.3, 0.4) is 0 Å². The van der Waals surface area contributed by atoms with Crippen molar-refractivity contribution in [2.75, 3.05) is 38.1 Å². The summed E-state index contributed by atoms with van der Waals surface area (Å²) in [6.07, 6.45) is 3.07. The van der Waals surface area contributed by atoms with Gasteiger partial charge in [0.25, 0.3) is 5.91 Å². The van der Waals surface area contributed by atoms with Crippen LogP contribution in [-0.4, -0.2) is 68.3 Å². The van der Waals surface area contributed by atoms with Gasteiger partial charge in [-0.25, -0.2) is 8.42 Å². The van der Waals surface area contributed by atoms with Crippen molar-refractivity contribution in [2.45, 2.75) is 50.1 Å². The molecule has 2 aromatic rings. The van der Waals surface area contributed by atoms with E-state index < -0.39 is 10.0 Å². The highest BCUT2D eigenvalue weighted by Crippen LogP contribution is 2.35. The van der Waals surface area contributed by atoms with Gasteiger partial charge in [-0.05, 0) is 49.8 Å². The van der Waals surface area contributed by atoms with Crippen molar-refractivity contribution < 1.29 is 22.7 Å². The van der Waals surface area contributed by atoms with Crippen molar-refractivity contribution in [3.05, 3.63) is 53.6 Å². The molecule has 9 nitrogen and oxygen atoms in total. The largest absolute Gasteiger partial charge is 0.482 e. The summed E-state index contributed by atoms with van der Waals surface area (Å²) in [6, 6.07) is 13.6. The minimum Gasteiger partial charge on any atom is -0.482 e. The van der Waals surface area contributed by atoms with Crippen molar-refractivity contribution in [3.8, 4) is 5.75 Å². The van der Waals surface area contributed by atoms with Gasteiger partial charge in [0.05, 0.1) is 16.5 Å². The van der Waals surface area contributed by atoms with Crippen LogP contribution < -0.4 is 15.4 Å². The molecule has 10 heteroatoms. The number of hydrogen-bond donors (Lipinski definition) is 2. The van der Waals surface area contributed by atoms with Crippen LogP contribution in [0.15, 0.2) is 47.4 Å². The molecule has 2 N–H and O–H groups in total. The molecule has 0 aliphatic carbocycles. The molecule has 3 aliphatic heterocycles. The Kier molecular flexibility index (Phi) is 7.50. The summed E-state index contributed by atoms with van der Waals surface area (Å²) in [5.74, 6) is -0.364. The fraction of sp³-hybridized carbons (Fsp3) is 0.481.